The van der Waals surface area contributed by atoms with E-state index in [1.807, 2.05) is 0 Å². The molecule has 1 aromatic carbocycles. The molecule has 0 N–H and O–H groups in total. The predicted molar refractivity (Wildman–Crippen MR) is 90.2 cm³/mol. The SMILES string of the molecule is O=C(COc1cccnc1[N+](=O)[O-])N1CCCc2cc([N+](=O)[O-])ccc21. The van der Waals surface area contributed by atoms with Gasteiger partial charge >= 0.3 is 5.82 Å². The molecule has 0 aliphatic carbocycles. The third-order valence-corrected chi connectivity index (χ3v) is 3.97. The van der Waals surface area contributed by atoms with Gasteiger partial charge in [0.25, 0.3) is 11.6 Å². The van der Waals surface area contributed by atoms with E-state index >= 15 is 0 Å². The number of anilines is 1. The molecule has 0 unspecified atom stereocenters. The first-order valence-corrected chi connectivity index (χ1v) is 7.77. The highest BCUT2D eigenvalue weighted by atomic mass is 16.6. The maximum Gasteiger partial charge on any atom is 0.406 e. The number of amides is 1. The largest absolute Gasteiger partial charge is 0.476 e. The van der Waals surface area contributed by atoms with Gasteiger partial charge in [0.05, 0.1) is 4.92 Å². The first kappa shape index (κ1) is 17.3. The van der Waals surface area contributed by atoms with Crippen LogP contribution in [0.25, 0.3) is 0 Å². The molecular formula is C16H14N4O6. The number of ether oxygens (including phenoxy) is 1. The van der Waals surface area contributed by atoms with E-state index in [1.165, 1.54) is 41.4 Å². The summed E-state index contributed by atoms with van der Waals surface area (Å²) in [6, 6.07) is 7.18. The lowest BCUT2D eigenvalue weighted by Crippen LogP contribution is -2.38. The molecule has 0 saturated heterocycles. The zero-order valence-electron chi connectivity index (χ0n) is 13.5. The molecule has 1 aromatic heterocycles. The van der Waals surface area contributed by atoms with Crippen molar-refractivity contribution in [1.29, 1.82) is 0 Å². The summed E-state index contributed by atoms with van der Waals surface area (Å²) in [4.78, 5) is 38.3. The monoisotopic (exact) mass is 358 g/mol. The van der Waals surface area contributed by atoms with Crippen molar-refractivity contribution < 1.29 is 19.4 Å². The minimum Gasteiger partial charge on any atom is -0.476 e. The molecule has 134 valence electrons. The Morgan fingerprint density at radius 3 is 2.77 bits per heavy atom. The molecule has 0 bridgehead atoms. The number of non-ortho nitro benzene ring substituents is 1. The van der Waals surface area contributed by atoms with Crippen LogP contribution in [0.4, 0.5) is 17.2 Å². The van der Waals surface area contributed by atoms with Gasteiger partial charge in [-0.05, 0) is 46.5 Å². The van der Waals surface area contributed by atoms with Gasteiger partial charge in [-0.25, -0.2) is 0 Å². The number of pyridine rings is 1. The van der Waals surface area contributed by atoms with Crippen molar-refractivity contribution in [2.24, 2.45) is 0 Å². The molecular weight excluding hydrogens is 344 g/mol. The maximum atomic E-state index is 12.5. The number of nitro groups is 2. The molecule has 0 fully saturated rings. The van der Waals surface area contributed by atoms with Crippen molar-refractivity contribution in [3.63, 3.8) is 0 Å². The summed E-state index contributed by atoms with van der Waals surface area (Å²) in [5.41, 5.74) is 1.28. The fraction of sp³-hybridized carbons (Fsp3) is 0.250. The second-order valence-corrected chi connectivity index (χ2v) is 5.59. The van der Waals surface area contributed by atoms with Crippen LogP contribution < -0.4 is 9.64 Å². The number of benzene rings is 1. The zero-order chi connectivity index (χ0) is 18.7. The number of nitrogens with zero attached hydrogens (tertiary/aromatic N) is 4. The van der Waals surface area contributed by atoms with E-state index in [-0.39, 0.29) is 11.4 Å². The Morgan fingerprint density at radius 2 is 2.04 bits per heavy atom. The van der Waals surface area contributed by atoms with E-state index in [9.17, 15) is 25.0 Å². The molecule has 26 heavy (non-hydrogen) atoms. The molecule has 0 saturated carbocycles. The summed E-state index contributed by atoms with van der Waals surface area (Å²) in [5, 5.41) is 21.8. The van der Waals surface area contributed by atoms with Crippen molar-refractivity contribution in [2.45, 2.75) is 12.8 Å². The first-order chi connectivity index (χ1) is 12.5. The average molecular weight is 358 g/mol. The number of fused-ring (bicyclic) bond motifs is 1. The van der Waals surface area contributed by atoms with E-state index in [0.29, 0.717) is 30.6 Å². The molecule has 1 aliphatic rings. The van der Waals surface area contributed by atoms with Gasteiger partial charge in [0.1, 0.15) is 6.20 Å². The van der Waals surface area contributed by atoms with Crippen molar-refractivity contribution in [2.75, 3.05) is 18.1 Å². The van der Waals surface area contributed by atoms with Crippen molar-refractivity contribution in [3.8, 4) is 5.75 Å². The second-order valence-electron chi connectivity index (χ2n) is 5.59. The quantitative estimate of drug-likeness (QED) is 0.592. The van der Waals surface area contributed by atoms with E-state index in [2.05, 4.69) is 4.98 Å². The van der Waals surface area contributed by atoms with Crippen LogP contribution in [0.15, 0.2) is 36.5 Å². The highest BCUT2D eigenvalue weighted by Gasteiger charge is 2.25. The van der Waals surface area contributed by atoms with Crippen molar-refractivity contribution in [3.05, 3.63) is 62.3 Å². The lowest BCUT2D eigenvalue weighted by atomic mass is 10.0. The van der Waals surface area contributed by atoms with Crippen LogP contribution in [0.2, 0.25) is 0 Å². The van der Waals surface area contributed by atoms with Gasteiger partial charge in [0.2, 0.25) is 5.75 Å². The highest BCUT2D eigenvalue weighted by Crippen LogP contribution is 2.31. The molecule has 1 aliphatic heterocycles. The summed E-state index contributed by atoms with van der Waals surface area (Å²) in [7, 11) is 0. The lowest BCUT2D eigenvalue weighted by molar-refractivity contribution is -0.390. The average Bonchev–Trinajstić information content (AvgIpc) is 2.65. The van der Waals surface area contributed by atoms with Crippen LogP contribution in [0.3, 0.4) is 0 Å². The van der Waals surface area contributed by atoms with Gasteiger partial charge in [-0.1, -0.05) is 0 Å². The summed E-state index contributed by atoms with van der Waals surface area (Å²) >= 11 is 0. The second kappa shape index (κ2) is 7.13. The van der Waals surface area contributed by atoms with Crippen LogP contribution in [0.5, 0.6) is 5.75 Å². The van der Waals surface area contributed by atoms with Crippen LogP contribution in [0, 0.1) is 20.2 Å². The fourth-order valence-electron chi connectivity index (χ4n) is 2.81. The molecule has 10 heteroatoms. The first-order valence-electron chi connectivity index (χ1n) is 7.77. The van der Waals surface area contributed by atoms with Crippen LogP contribution in [-0.2, 0) is 11.2 Å². The topological polar surface area (TPSA) is 129 Å². The highest BCUT2D eigenvalue weighted by molar-refractivity contribution is 5.95. The van der Waals surface area contributed by atoms with Crippen molar-refractivity contribution in [1.82, 2.24) is 4.98 Å². The number of nitro benzene ring substituents is 1. The fourth-order valence-corrected chi connectivity index (χ4v) is 2.81. The van der Waals surface area contributed by atoms with Crippen molar-refractivity contribution >= 4 is 23.1 Å². The van der Waals surface area contributed by atoms with E-state index in [4.69, 9.17) is 4.74 Å². The van der Waals surface area contributed by atoms with Gasteiger partial charge in [0.15, 0.2) is 6.61 Å². The molecule has 10 nitrogen and oxygen atoms in total. The molecule has 0 atom stereocenters. The van der Waals surface area contributed by atoms with Gasteiger partial charge in [-0.3, -0.25) is 14.9 Å². The lowest BCUT2D eigenvalue weighted by Gasteiger charge is -2.29. The Kier molecular flexibility index (Phi) is 4.74. The Labute approximate surface area is 147 Å². The van der Waals surface area contributed by atoms with Crippen LogP contribution in [-0.4, -0.2) is 33.9 Å². The Bertz CT molecular complexity index is 885. The number of hydrogen-bond donors (Lipinski definition) is 0. The normalized spacial score (nSPS) is 13.0. The Balaban J connectivity index is 1.76. The van der Waals surface area contributed by atoms with Gasteiger partial charge in [0, 0.05) is 24.4 Å². The zero-order valence-corrected chi connectivity index (χ0v) is 13.5. The van der Waals surface area contributed by atoms with Crippen LogP contribution in [0.1, 0.15) is 12.0 Å². The number of hydrogen-bond acceptors (Lipinski definition) is 7. The van der Waals surface area contributed by atoms with Gasteiger partial charge in [-0.2, -0.15) is 0 Å². The minimum atomic E-state index is -0.685. The molecule has 1 amide bonds. The standard InChI is InChI=1S/C16H14N4O6/c21-15(10-26-14-4-1-7-17-16(14)20(24)25)18-8-2-3-11-9-12(19(22)23)5-6-13(11)18/h1,4-7,9H,2-3,8,10H2. The summed E-state index contributed by atoms with van der Waals surface area (Å²) < 4.78 is 5.29. The number of carbonyl (C=O) groups excluding carboxylic acids is 1. The third-order valence-electron chi connectivity index (χ3n) is 3.97. The molecule has 0 spiro atoms. The Morgan fingerprint density at radius 1 is 1.23 bits per heavy atom. The Hall–Kier alpha value is -3.56. The summed E-state index contributed by atoms with van der Waals surface area (Å²) in [5.74, 6) is -0.945. The smallest absolute Gasteiger partial charge is 0.406 e. The molecule has 2 heterocycles. The number of rotatable bonds is 5. The molecule has 3 rings (SSSR count). The summed E-state index contributed by atoms with van der Waals surface area (Å²) in [6.07, 6.45) is 2.56. The number of aromatic nitrogens is 1. The molecule has 2 aromatic rings. The van der Waals surface area contributed by atoms with E-state index < -0.39 is 28.2 Å². The molecule has 0 radical (unpaired) electrons. The van der Waals surface area contributed by atoms with E-state index in [1.54, 1.807) is 0 Å². The summed E-state index contributed by atoms with van der Waals surface area (Å²) in [6.45, 7) is 0.0467. The predicted octanol–water partition coefficient (Wildman–Crippen LogP) is 2.26. The minimum absolute atomic E-state index is 0.0275. The number of carbonyl (C=O) groups is 1. The maximum absolute atomic E-state index is 12.5. The number of aryl methyl sites for hydroxylation is 1. The van der Waals surface area contributed by atoms with Gasteiger partial charge in [-0.15, -0.1) is 0 Å². The van der Waals surface area contributed by atoms with Gasteiger partial charge < -0.3 is 19.8 Å². The third kappa shape index (κ3) is 3.43. The van der Waals surface area contributed by atoms with Crippen LogP contribution >= 0.6 is 0 Å². The van der Waals surface area contributed by atoms with E-state index in [0.717, 1.165) is 0 Å².